The number of methoxy groups -OCH3 is 1. The lowest BCUT2D eigenvalue weighted by Crippen LogP contribution is -2.31. The normalized spacial score (nSPS) is 8.69. The first-order chi connectivity index (χ1) is 7.83. The van der Waals surface area contributed by atoms with E-state index in [1.54, 1.807) is 7.11 Å². The van der Waals surface area contributed by atoms with Crippen LogP contribution >= 0.6 is 0 Å². The van der Waals surface area contributed by atoms with Crippen LogP contribution < -0.4 is 10.6 Å². The Hall–Kier alpha value is -1.55. The average molecular weight is 224 g/mol. The van der Waals surface area contributed by atoms with Crippen LogP contribution in [0.5, 0.6) is 0 Å². The van der Waals surface area contributed by atoms with Crippen molar-refractivity contribution in [3.63, 3.8) is 0 Å². The van der Waals surface area contributed by atoms with Crippen LogP contribution in [0.4, 0.5) is 10.5 Å². The Morgan fingerprint density at radius 3 is 2.44 bits per heavy atom. The fourth-order valence-corrected chi connectivity index (χ4v) is 0.963. The summed E-state index contributed by atoms with van der Waals surface area (Å²) < 4.78 is 4.80. The first kappa shape index (κ1) is 14.5. The number of hydrogen-bond acceptors (Lipinski definition) is 2. The summed E-state index contributed by atoms with van der Waals surface area (Å²) in [5.41, 5.74) is 0.780. The van der Waals surface area contributed by atoms with Crippen molar-refractivity contribution in [3.8, 4) is 0 Å². The van der Waals surface area contributed by atoms with Gasteiger partial charge in [-0.1, -0.05) is 32.0 Å². The van der Waals surface area contributed by atoms with Gasteiger partial charge < -0.3 is 15.4 Å². The van der Waals surface area contributed by atoms with Crippen molar-refractivity contribution in [3.05, 3.63) is 30.3 Å². The first-order valence-electron chi connectivity index (χ1n) is 5.42. The lowest BCUT2D eigenvalue weighted by Gasteiger charge is -2.06. The standard InChI is InChI=1S/C10H14N2O2.C2H6/c1-14-8-7-11-10(13)12-9-5-3-2-4-6-9;1-2/h2-6H,7-8H2,1H3,(H2,11,12,13);1-2H3. The number of urea groups is 1. The number of anilines is 1. The van der Waals surface area contributed by atoms with Crippen LogP contribution in [0.15, 0.2) is 30.3 Å². The number of carbonyl (C=O) groups is 1. The molecule has 4 heteroatoms. The van der Waals surface area contributed by atoms with Crippen molar-refractivity contribution in [2.24, 2.45) is 0 Å². The van der Waals surface area contributed by atoms with E-state index in [1.807, 2.05) is 44.2 Å². The molecule has 0 bridgehead atoms. The predicted molar refractivity (Wildman–Crippen MR) is 66.7 cm³/mol. The molecule has 0 unspecified atom stereocenters. The molecule has 1 aromatic rings. The van der Waals surface area contributed by atoms with E-state index in [-0.39, 0.29) is 6.03 Å². The molecule has 0 fully saturated rings. The molecule has 0 heterocycles. The molecule has 16 heavy (non-hydrogen) atoms. The molecule has 0 aliphatic carbocycles. The minimum Gasteiger partial charge on any atom is -0.383 e. The second-order valence-corrected chi connectivity index (χ2v) is 2.74. The maximum atomic E-state index is 11.2. The van der Waals surface area contributed by atoms with Gasteiger partial charge in [-0.2, -0.15) is 0 Å². The molecule has 0 spiro atoms. The van der Waals surface area contributed by atoms with Gasteiger partial charge in [-0.05, 0) is 12.1 Å². The van der Waals surface area contributed by atoms with E-state index in [0.29, 0.717) is 13.2 Å². The third-order valence-corrected chi connectivity index (χ3v) is 1.62. The topological polar surface area (TPSA) is 50.4 Å². The molecule has 0 atom stereocenters. The fourth-order valence-electron chi connectivity index (χ4n) is 0.963. The molecule has 0 radical (unpaired) electrons. The lowest BCUT2D eigenvalue weighted by atomic mass is 10.3. The minimum absolute atomic E-state index is 0.215. The van der Waals surface area contributed by atoms with E-state index in [9.17, 15) is 4.79 Å². The quantitative estimate of drug-likeness (QED) is 0.772. The third kappa shape index (κ3) is 6.84. The van der Waals surface area contributed by atoms with E-state index in [0.717, 1.165) is 5.69 Å². The van der Waals surface area contributed by atoms with Crippen LogP contribution in [0.1, 0.15) is 13.8 Å². The lowest BCUT2D eigenvalue weighted by molar-refractivity contribution is 0.198. The van der Waals surface area contributed by atoms with Crippen LogP contribution in [0, 0.1) is 0 Å². The summed E-state index contributed by atoms with van der Waals surface area (Å²) in [5, 5.41) is 5.35. The summed E-state index contributed by atoms with van der Waals surface area (Å²) in [6.07, 6.45) is 0. The van der Waals surface area contributed by atoms with Crippen molar-refractivity contribution < 1.29 is 9.53 Å². The highest BCUT2D eigenvalue weighted by molar-refractivity contribution is 5.89. The highest BCUT2D eigenvalue weighted by atomic mass is 16.5. The molecule has 0 aliphatic rings. The Morgan fingerprint density at radius 1 is 1.25 bits per heavy atom. The zero-order valence-electron chi connectivity index (χ0n) is 10.1. The smallest absolute Gasteiger partial charge is 0.319 e. The second-order valence-electron chi connectivity index (χ2n) is 2.74. The number of para-hydroxylation sites is 1. The highest BCUT2D eigenvalue weighted by Gasteiger charge is 1.98. The predicted octanol–water partition coefficient (Wildman–Crippen LogP) is 2.48. The van der Waals surface area contributed by atoms with E-state index in [2.05, 4.69) is 10.6 Å². The molecule has 0 saturated carbocycles. The molecular weight excluding hydrogens is 204 g/mol. The average Bonchev–Trinajstić information content (AvgIpc) is 2.33. The molecule has 2 amide bonds. The van der Waals surface area contributed by atoms with Gasteiger partial charge in [-0.25, -0.2) is 4.79 Å². The van der Waals surface area contributed by atoms with E-state index < -0.39 is 0 Å². The molecule has 1 aromatic carbocycles. The number of carbonyl (C=O) groups excluding carboxylic acids is 1. The van der Waals surface area contributed by atoms with E-state index in [4.69, 9.17) is 4.74 Å². The Morgan fingerprint density at radius 2 is 1.88 bits per heavy atom. The molecule has 90 valence electrons. The molecule has 0 aliphatic heterocycles. The van der Waals surface area contributed by atoms with Crippen molar-refractivity contribution >= 4 is 11.7 Å². The molecular formula is C12H20N2O2. The summed E-state index contributed by atoms with van der Waals surface area (Å²) in [4.78, 5) is 11.2. The van der Waals surface area contributed by atoms with Gasteiger partial charge in [-0.15, -0.1) is 0 Å². The third-order valence-electron chi connectivity index (χ3n) is 1.62. The zero-order valence-corrected chi connectivity index (χ0v) is 10.1. The van der Waals surface area contributed by atoms with Gasteiger partial charge in [-0.3, -0.25) is 0 Å². The highest BCUT2D eigenvalue weighted by Crippen LogP contribution is 2.03. The van der Waals surface area contributed by atoms with Gasteiger partial charge in [0.05, 0.1) is 6.61 Å². The number of benzene rings is 1. The monoisotopic (exact) mass is 224 g/mol. The largest absolute Gasteiger partial charge is 0.383 e. The molecule has 2 N–H and O–H groups in total. The SMILES string of the molecule is CC.COCCNC(=O)Nc1ccccc1. The summed E-state index contributed by atoms with van der Waals surface area (Å²) in [6.45, 7) is 5.03. The van der Waals surface area contributed by atoms with Crippen molar-refractivity contribution in [1.29, 1.82) is 0 Å². The Kier molecular flexibility index (Phi) is 9.02. The first-order valence-corrected chi connectivity index (χ1v) is 5.42. The number of amides is 2. The van der Waals surface area contributed by atoms with Crippen molar-refractivity contribution in [2.75, 3.05) is 25.6 Å². The Labute approximate surface area is 97.0 Å². The summed E-state index contributed by atoms with van der Waals surface area (Å²) in [7, 11) is 1.59. The van der Waals surface area contributed by atoms with Crippen LogP contribution in [0.2, 0.25) is 0 Å². The summed E-state index contributed by atoms with van der Waals surface area (Å²) >= 11 is 0. The van der Waals surface area contributed by atoms with Crippen LogP contribution in [-0.4, -0.2) is 26.3 Å². The van der Waals surface area contributed by atoms with Gasteiger partial charge in [0.15, 0.2) is 0 Å². The maximum absolute atomic E-state index is 11.2. The van der Waals surface area contributed by atoms with Crippen molar-refractivity contribution in [1.82, 2.24) is 5.32 Å². The van der Waals surface area contributed by atoms with E-state index >= 15 is 0 Å². The van der Waals surface area contributed by atoms with Gasteiger partial charge >= 0.3 is 6.03 Å². The molecule has 0 aromatic heterocycles. The molecule has 0 saturated heterocycles. The minimum atomic E-state index is -0.215. The fraction of sp³-hybridized carbons (Fsp3) is 0.417. The zero-order chi connectivity index (χ0) is 12.2. The van der Waals surface area contributed by atoms with Crippen molar-refractivity contribution in [2.45, 2.75) is 13.8 Å². The van der Waals surface area contributed by atoms with Gasteiger partial charge in [0.25, 0.3) is 0 Å². The van der Waals surface area contributed by atoms with Crippen LogP contribution in [-0.2, 0) is 4.74 Å². The molecule has 1 rings (SSSR count). The number of ether oxygens (including phenoxy) is 1. The van der Waals surface area contributed by atoms with Crippen LogP contribution in [0.25, 0.3) is 0 Å². The number of hydrogen-bond donors (Lipinski definition) is 2. The number of nitrogens with one attached hydrogen (secondary N) is 2. The Balaban J connectivity index is 0.00000106. The van der Waals surface area contributed by atoms with Crippen LogP contribution in [0.3, 0.4) is 0 Å². The van der Waals surface area contributed by atoms with E-state index in [1.165, 1.54) is 0 Å². The summed E-state index contributed by atoms with van der Waals surface area (Å²) in [5.74, 6) is 0. The summed E-state index contributed by atoms with van der Waals surface area (Å²) in [6, 6.07) is 9.07. The van der Waals surface area contributed by atoms with Gasteiger partial charge in [0.2, 0.25) is 0 Å². The Bertz CT molecular complexity index is 276. The maximum Gasteiger partial charge on any atom is 0.319 e. The van der Waals surface area contributed by atoms with Gasteiger partial charge in [0.1, 0.15) is 0 Å². The second kappa shape index (κ2) is 9.98. The molecule has 4 nitrogen and oxygen atoms in total. The van der Waals surface area contributed by atoms with Gasteiger partial charge in [0, 0.05) is 19.3 Å². The number of rotatable bonds is 4.